The summed E-state index contributed by atoms with van der Waals surface area (Å²) >= 11 is 0. The van der Waals surface area contributed by atoms with E-state index in [1.54, 1.807) is 0 Å². The van der Waals surface area contributed by atoms with Crippen molar-refractivity contribution in [3.63, 3.8) is 0 Å². The molecule has 4 nitrogen and oxygen atoms in total. The molecule has 1 aliphatic rings. The lowest BCUT2D eigenvalue weighted by Crippen LogP contribution is -2.28. The number of β-amino-alcohol motifs (C(OH)–C–C–N with tert-alkyl or cyclic N) is 1. The molecule has 0 aliphatic carbocycles. The largest absolute Gasteiger partial charge is 0.694 e. The van der Waals surface area contributed by atoms with Gasteiger partial charge in [0.1, 0.15) is 6.54 Å². The van der Waals surface area contributed by atoms with Crippen LogP contribution in [0.1, 0.15) is 0 Å². The van der Waals surface area contributed by atoms with Gasteiger partial charge in [0.05, 0.1) is 17.9 Å². The van der Waals surface area contributed by atoms with Crippen molar-refractivity contribution in [3.05, 3.63) is 0 Å². The highest BCUT2D eigenvalue weighted by atomic mass is 16.5. The molecule has 0 spiro atoms. The van der Waals surface area contributed by atoms with E-state index in [2.05, 4.69) is 4.42 Å². The van der Waals surface area contributed by atoms with Crippen LogP contribution in [0, 0.1) is 0 Å². The van der Waals surface area contributed by atoms with Gasteiger partial charge in [-0.3, -0.25) is 4.42 Å². The minimum atomic E-state index is -0.371. The van der Waals surface area contributed by atoms with Crippen LogP contribution in [0.3, 0.4) is 0 Å². The van der Waals surface area contributed by atoms with Crippen molar-refractivity contribution in [1.82, 2.24) is 4.90 Å². The van der Waals surface area contributed by atoms with Crippen LogP contribution < -0.4 is 0 Å². The highest BCUT2D eigenvalue weighted by Gasteiger charge is 2.28. The topological polar surface area (TPSA) is 51.8 Å². The number of amides is 1. The molecule has 0 saturated carbocycles. The van der Waals surface area contributed by atoms with Crippen LogP contribution in [0.5, 0.6) is 0 Å². The predicted octanol–water partition coefficient (Wildman–Crippen LogP) is -0.851. The van der Waals surface area contributed by atoms with E-state index in [1.807, 2.05) is 0 Å². The summed E-state index contributed by atoms with van der Waals surface area (Å²) in [5, 5.41) is 8.38. The van der Waals surface area contributed by atoms with Crippen molar-refractivity contribution in [2.24, 2.45) is 0 Å². The first-order chi connectivity index (χ1) is 4.34. The van der Waals surface area contributed by atoms with Gasteiger partial charge in [0.15, 0.2) is 0 Å². The summed E-state index contributed by atoms with van der Waals surface area (Å²) in [4.78, 5) is 11.9. The molecular weight excluding hydrogens is 122 g/mol. The molecule has 50 valence electrons. The van der Waals surface area contributed by atoms with E-state index < -0.39 is 0 Å². The molecule has 0 aromatic carbocycles. The third kappa shape index (κ3) is 1.26. The lowest BCUT2D eigenvalue weighted by molar-refractivity contribution is -0.337. The summed E-state index contributed by atoms with van der Waals surface area (Å²) in [6.45, 7) is 0.831. The molecule has 1 amide bonds. The number of aliphatic hydroxyl groups excluding tert-OH is 1. The van der Waals surface area contributed by atoms with Gasteiger partial charge in [0.2, 0.25) is 6.29 Å². The third-order valence-electron chi connectivity index (χ3n) is 1.11. The van der Waals surface area contributed by atoms with Crippen LogP contribution >= 0.6 is 0 Å². The number of nitrogens with zero attached hydrogens (tertiary/aromatic N) is 1. The third-order valence-corrected chi connectivity index (χ3v) is 1.11. The SMILES string of the molecule is O=C1[O+]=CCN1CCO. The van der Waals surface area contributed by atoms with Gasteiger partial charge >= 0.3 is 6.09 Å². The van der Waals surface area contributed by atoms with E-state index in [0.717, 1.165) is 0 Å². The van der Waals surface area contributed by atoms with Crippen LogP contribution in [-0.2, 0) is 4.42 Å². The van der Waals surface area contributed by atoms with Crippen molar-refractivity contribution >= 4 is 12.4 Å². The minimum Gasteiger partial charge on any atom is -0.395 e. The monoisotopic (exact) mass is 130 g/mol. The highest BCUT2D eigenvalue weighted by Crippen LogP contribution is 1.92. The lowest BCUT2D eigenvalue weighted by Gasteiger charge is -2.01. The molecular formula is C5H8NO3+. The maximum atomic E-state index is 10.5. The Bertz CT molecular complexity index is 143. The van der Waals surface area contributed by atoms with Crippen molar-refractivity contribution in [1.29, 1.82) is 0 Å². The first-order valence-corrected chi connectivity index (χ1v) is 2.72. The molecule has 4 heteroatoms. The fourth-order valence-corrected chi connectivity index (χ4v) is 0.651. The fraction of sp³-hybridized carbons (Fsp3) is 0.600. The Labute approximate surface area is 52.4 Å². The molecule has 0 fully saturated rings. The summed E-state index contributed by atoms with van der Waals surface area (Å²) in [7, 11) is 0. The number of rotatable bonds is 2. The van der Waals surface area contributed by atoms with Crippen LogP contribution in [0.25, 0.3) is 0 Å². The van der Waals surface area contributed by atoms with E-state index in [0.29, 0.717) is 13.1 Å². The smallest absolute Gasteiger partial charge is 0.395 e. The van der Waals surface area contributed by atoms with E-state index in [-0.39, 0.29) is 12.7 Å². The number of carbonyl (C=O) groups excluding carboxylic acids is 2. The number of aldehydes is 1. The number of carbonyl (C=O) groups is 1. The number of hydrogen-bond acceptors (Lipinski definition) is 2. The highest BCUT2D eigenvalue weighted by molar-refractivity contribution is 5.76. The molecule has 0 aromatic heterocycles. The Kier molecular flexibility index (Phi) is 1.79. The zero-order valence-corrected chi connectivity index (χ0v) is 4.91. The van der Waals surface area contributed by atoms with Gasteiger partial charge in [-0.1, -0.05) is 0 Å². The number of aliphatic hydroxyl groups is 1. The van der Waals surface area contributed by atoms with Gasteiger partial charge in [-0.05, 0) is 0 Å². The van der Waals surface area contributed by atoms with Crippen molar-refractivity contribution in [3.8, 4) is 0 Å². The van der Waals surface area contributed by atoms with Crippen LogP contribution in [0.15, 0.2) is 0 Å². The lowest BCUT2D eigenvalue weighted by atomic mass is 10.5. The fourth-order valence-electron chi connectivity index (χ4n) is 0.651. The Morgan fingerprint density at radius 2 is 2.67 bits per heavy atom. The summed E-state index contributed by atoms with van der Waals surface area (Å²) in [6.07, 6.45) is 1.04. The molecule has 9 heavy (non-hydrogen) atoms. The molecule has 1 N–H and O–H groups in total. The van der Waals surface area contributed by atoms with Gasteiger partial charge in [-0.2, -0.15) is 0 Å². The second-order valence-corrected chi connectivity index (χ2v) is 1.72. The molecule has 0 atom stereocenters. The van der Waals surface area contributed by atoms with Gasteiger partial charge < -0.3 is 5.11 Å². The Balaban J connectivity index is 2.37. The predicted molar refractivity (Wildman–Crippen MR) is 30.1 cm³/mol. The molecule has 1 heterocycles. The second kappa shape index (κ2) is 2.59. The van der Waals surface area contributed by atoms with Crippen LogP contribution in [-0.4, -0.2) is 42.1 Å². The van der Waals surface area contributed by atoms with Crippen LogP contribution in [0.4, 0.5) is 4.79 Å². The van der Waals surface area contributed by atoms with E-state index in [4.69, 9.17) is 5.11 Å². The molecule has 0 unspecified atom stereocenters. The molecule has 0 bridgehead atoms. The summed E-state index contributed by atoms with van der Waals surface area (Å²) in [5.74, 6) is 0. The van der Waals surface area contributed by atoms with Crippen molar-refractivity contribution in [2.75, 3.05) is 19.7 Å². The Morgan fingerprint density at radius 3 is 3.11 bits per heavy atom. The minimum absolute atomic E-state index is 0.0110. The Morgan fingerprint density at radius 1 is 1.89 bits per heavy atom. The van der Waals surface area contributed by atoms with Crippen molar-refractivity contribution in [2.45, 2.75) is 0 Å². The van der Waals surface area contributed by atoms with Gasteiger partial charge in [0, 0.05) is 0 Å². The molecule has 0 aromatic rings. The quantitative estimate of drug-likeness (QED) is 0.391. The van der Waals surface area contributed by atoms with E-state index in [9.17, 15) is 4.79 Å². The first kappa shape index (κ1) is 6.22. The van der Waals surface area contributed by atoms with Gasteiger partial charge in [-0.25, -0.2) is 4.90 Å². The number of hydrogen-bond donors (Lipinski definition) is 1. The van der Waals surface area contributed by atoms with Gasteiger partial charge in [-0.15, -0.1) is 0 Å². The zero-order chi connectivity index (χ0) is 6.69. The van der Waals surface area contributed by atoms with Crippen LogP contribution in [0.2, 0.25) is 0 Å². The Hall–Kier alpha value is -0.900. The zero-order valence-electron chi connectivity index (χ0n) is 4.91. The second-order valence-electron chi connectivity index (χ2n) is 1.72. The molecule has 0 radical (unpaired) electrons. The first-order valence-electron chi connectivity index (χ1n) is 2.72. The van der Waals surface area contributed by atoms with E-state index >= 15 is 0 Å². The average molecular weight is 130 g/mol. The molecule has 1 rings (SSSR count). The molecule has 1 aliphatic heterocycles. The summed E-state index contributed by atoms with van der Waals surface area (Å²) in [5.41, 5.74) is 0. The summed E-state index contributed by atoms with van der Waals surface area (Å²) < 4.78 is 4.47. The van der Waals surface area contributed by atoms with Gasteiger partial charge in [0.25, 0.3) is 0 Å². The normalized spacial score (nSPS) is 17.4. The van der Waals surface area contributed by atoms with Crippen molar-refractivity contribution < 1.29 is 14.3 Å². The maximum Gasteiger partial charge on any atom is 0.694 e. The van der Waals surface area contributed by atoms with E-state index in [1.165, 1.54) is 11.2 Å². The maximum absolute atomic E-state index is 10.5. The standard InChI is InChI=1S/C5H8NO3/c7-3-1-6-2-4-9-5(6)8/h4,7H,1-3H2/q+1. The molecule has 0 saturated heterocycles. The average Bonchev–Trinajstić information content (AvgIpc) is 2.18. The summed E-state index contributed by atoms with van der Waals surface area (Å²) in [6, 6.07) is 0.